The lowest BCUT2D eigenvalue weighted by Crippen LogP contribution is -2.50. The molecule has 4 aliphatic heterocycles. The van der Waals surface area contributed by atoms with E-state index < -0.39 is 37.1 Å². The predicted octanol–water partition coefficient (Wildman–Crippen LogP) is 11.3. The van der Waals surface area contributed by atoms with Gasteiger partial charge in [0.25, 0.3) is 5.91 Å². The number of aliphatic hydroxyl groups excluding tert-OH is 1. The third-order valence-corrected chi connectivity index (χ3v) is 19.2. The molecule has 6 fully saturated rings. The number of aromatic nitrogens is 3. The number of hydrogen-bond acceptors (Lipinski definition) is 19. The second-order valence-electron chi connectivity index (χ2n) is 26.5. The van der Waals surface area contributed by atoms with Crippen LogP contribution >= 0.6 is 0 Å². The van der Waals surface area contributed by atoms with E-state index in [-0.39, 0.29) is 114 Å². The number of likely N-dealkylation sites (tertiary alicyclic amines) is 2. The molecule has 3 aromatic heterocycles. The van der Waals surface area contributed by atoms with Gasteiger partial charge in [0.2, 0.25) is 23.6 Å². The number of oxazole rings is 1. The van der Waals surface area contributed by atoms with Crippen LogP contribution in [0.1, 0.15) is 97.6 Å². The van der Waals surface area contributed by atoms with Crippen LogP contribution in [0.15, 0.2) is 173 Å². The minimum Gasteiger partial charge on any atom is -0.489 e. The normalized spacial score (nSPS) is 21.4. The molecule has 3 saturated carbocycles. The molecule has 7 heterocycles. The van der Waals surface area contributed by atoms with Crippen molar-refractivity contribution in [2.24, 2.45) is 28.0 Å². The molecule has 0 radical (unpaired) electrons. The maximum Gasteiger partial charge on any atom is 0.270 e. The zero-order valence-corrected chi connectivity index (χ0v) is 56.9. The van der Waals surface area contributed by atoms with Crippen LogP contribution in [0.2, 0.25) is 0 Å². The number of alkyl halides is 2. The van der Waals surface area contributed by atoms with Crippen molar-refractivity contribution in [3.8, 4) is 69.0 Å². The van der Waals surface area contributed by atoms with Crippen LogP contribution < -0.4 is 30.2 Å². The van der Waals surface area contributed by atoms with Gasteiger partial charge in [-0.25, -0.2) is 18.7 Å². The lowest BCUT2D eigenvalue weighted by atomic mass is 10.0. The van der Waals surface area contributed by atoms with E-state index in [1.807, 2.05) is 72.8 Å². The number of ether oxygens (including phenoxy) is 4. The SMILES string of the molecule is N#Cc1cc(-c2cc(NC(=O)C3CC3)ccn2)ccc1O[C@H]1CCN(C(=O)C2=NN=CC2)C[C@H]1F.N#Cc1cc(-c2cccc(NC(=O)[C@@H]3C[C@@H]3c3ccccc3)c2)ccc1O[C@H]1CCN(C(=O)CO)C[C@H]1F.N#Cc1cc(-c2ccnc(NC(=O)[C@@H]3C[C@H]3c3cnco3)c2)ccc1OC1CCOCC1. The highest BCUT2D eigenvalue weighted by atomic mass is 19.1. The molecule has 3 aliphatic carbocycles. The Hall–Kier alpha value is -12.1. The van der Waals surface area contributed by atoms with Crippen LogP contribution in [-0.2, 0) is 28.7 Å². The number of halogens is 2. The molecule has 3 saturated heterocycles. The number of anilines is 3. The molecule has 105 heavy (non-hydrogen) atoms. The van der Waals surface area contributed by atoms with Gasteiger partial charge in [-0.2, -0.15) is 20.9 Å². The van der Waals surface area contributed by atoms with Crippen LogP contribution in [0, 0.1) is 51.7 Å². The largest absolute Gasteiger partial charge is 0.489 e. The average Bonchev–Trinajstić information content (AvgIpc) is 1.65. The zero-order valence-electron chi connectivity index (χ0n) is 56.9. The number of aliphatic hydroxyl groups is 1. The number of nitrogens with zero attached hydrogens (tertiary/aromatic N) is 10. The molecule has 8 atom stereocenters. The number of benzene rings is 5. The fraction of sp³-hybridized carbons (Fsp3) is 0.329. The first-order valence-corrected chi connectivity index (χ1v) is 34.8. The summed E-state index contributed by atoms with van der Waals surface area (Å²) in [6.07, 6.45) is 9.39. The van der Waals surface area contributed by atoms with Gasteiger partial charge in [0.15, 0.2) is 18.7 Å². The Morgan fingerprint density at radius 1 is 0.590 bits per heavy atom. The summed E-state index contributed by atoms with van der Waals surface area (Å²) < 4.78 is 58.0. The van der Waals surface area contributed by atoms with Gasteiger partial charge in [0.05, 0.1) is 54.9 Å². The van der Waals surface area contributed by atoms with Gasteiger partial charge in [-0.05, 0) is 138 Å². The molecule has 534 valence electrons. The van der Waals surface area contributed by atoms with Crippen molar-refractivity contribution in [3.05, 3.63) is 186 Å². The number of nitrogens with one attached hydrogen (secondary N) is 3. The Labute approximate surface area is 603 Å². The molecule has 0 unspecified atom stereocenters. The number of amides is 5. The lowest BCUT2D eigenvalue weighted by molar-refractivity contribution is -0.138. The van der Waals surface area contributed by atoms with Crippen molar-refractivity contribution < 1.29 is 61.2 Å². The summed E-state index contributed by atoms with van der Waals surface area (Å²) in [5.41, 5.74) is 8.35. The summed E-state index contributed by atoms with van der Waals surface area (Å²) in [4.78, 5) is 76.8. The van der Waals surface area contributed by atoms with Crippen molar-refractivity contribution in [1.82, 2.24) is 24.8 Å². The fourth-order valence-corrected chi connectivity index (χ4v) is 13.0. The third kappa shape index (κ3) is 17.9. The molecule has 26 heteroatoms. The molecule has 5 aromatic carbocycles. The van der Waals surface area contributed by atoms with Crippen LogP contribution in [0.4, 0.5) is 26.0 Å². The third-order valence-electron chi connectivity index (χ3n) is 19.2. The standard InChI is InChI=1S/C30H28FN3O4.C25H23FN6O3.C24H22N4O4/c31-26-17-34(29(36)18-35)12-11-28(26)38-27-10-9-21(13-22(27)16-32)20-7-4-8-23(14-20)33-30(37)25-15-24(25)19-5-2-1-3-6-19;26-19-14-32(25(34)20-6-9-29-31-20)10-7-23(19)35-22-4-3-16(11-17(22)13-27)21-12-18(5-8-28-21)30-24(33)15-1-2-15;25-12-17-9-15(1-2-21(17)32-18-4-7-30-8-5-18)16-3-6-27-23(10-16)28-24(29)20-11-19(20)22-13-26-14-31-22/h1-10,13-14,24-26,28,35H,11-12,15,17-18H2,(H,33,37);3-5,8-9,11-12,15,19,23H,1-2,6-7,10,14H2,(H,28,30,33);1-3,6,9-10,13-14,18-20H,4-5,7-8,11H2,(H,27,28,29)/t24-,25-,26-,28+;19-,23+;19-,20-/m111/s1. The highest BCUT2D eigenvalue weighted by molar-refractivity contribution is 6.41. The average molecular weight is 1420 g/mol. The molecule has 0 bridgehead atoms. The van der Waals surface area contributed by atoms with Crippen molar-refractivity contribution in [2.45, 2.75) is 100 Å². The summed E-state index contributed by atoms with van der Waals surface area (Å²) >= 11 is 0. The second kappa shape index (κ2) is 32.9. The smallest absolute Gasteiger partial charge is 0.270 e. The van der Waals surface area contributed by atoms with E-state index in [0.29, 0.717) is 71.7 Å². The molecule has 7 aliphatic rings. The van der Waals surface area contributed by atoms with Crippen LogP contribution in [0.5, 0.6) is 17.2 Å². The van der Waals surface area contributed by atoms with E-state index in [9.17, 15) is 48.5 Å². The van der Waals surface area contributed by atoms with Crippen molar-refractivity contribution in [3.63, 3.8) is 0 Å². The summed E-state index contributed by atoms with van der Waals surface area (Å²) in [5, 5.41) is 54.3. The van der Waals surface area contributed by atoms with Gasteiger partial charge in [-0.15, -0.1) is 5.10 Å². The highest BCUT2D eigenvalue weighted by Crippen LogP contribution is 2.49. The minimum absolute atomic E-state index is 0.00157. The van der Waals surface area contributed by atoms with Gasteiger partial charge < -0.3 is 54.2 Å². The Morgan fingerprint density at radius 3 is 1.82 bits per heavy atom. The second-order valence-corrected chi connectivity index (χ2v) is 26.5. The molecular formula is C79H73F2N13O11. The molecule has 0 spiro atoms. The van der Waals surface area contributed by atoms with E-state index in [1.165, 1.54) is 21.8 Å². The number of hydrogen-bond donors (Lipinski definition) is 4. The van der Waals surface area contributed by atoms with Gasteiger partial charge in [-0.1, -0.05) is 54.6 Å². The Bertz CT molecular complexity index is 4720. The fourth-order valence-electron chi connectivity index (χ4n) is 13.0. The van der Waals surface area contributed by atoms with E-state index >= 15 is 0 Å². The van der Waals surface area contributed by atoms with E-state index in [2.05, 4.69) is 59.3 Å². The Kier molecular flexibility index (Phi) is 22.4. The first kappa shape index (κ1) is 71.3. The van der Waals surface area contributed by atoms with Crippen LogP contribution in [-0.4, -0.2) is 148 Å². The zero-order chi connectivity index (χ0) is 72.9. The summed E-state index contributed by atoms with van der Waals surface area (Å²) in [7, 11) is 0. The molecule has 24 nitrogen and oxygen atoms in total. The predicted molar refractivity (Wildman–Crippen MR) is 382 cm³/mol. The number of piperidine rings is 2. The van der Waals surface area contributed by atoms with Crippen molar-refractivity contribution in [1.29, 1.82) is 15.8 Å². The monoisotopic (exact) mass is 1420 g/mol. The van der Waals surface area contributed by atoms with E-state index in [0.717, 1.165) is 66.5 Å². The molecule has 8 aromatic rings. The van der Waals surface area contributed by atoms with Gasteiger partial charge in [0.1, 0.15) is 77.7 Å². The Balaban J connectivity index is 0.000000140. The summed E-state index contributed by atoms with van der Waals surface area (Å²) in [6, 6.07) is 46.7. The van der Waals surface area contributed by atoms with Crippen molar-refractivity contribution >= 4 is 58.7 Å². The first-order chi connectivity index (χ1) is 51.2. The van der Waals surface area contributed by atoms with E-state index in [4.69, 9.17) is 28.5 Å². The van der Waals surface area contributed by atoms with Gasteiger partial charge >= 0.3 is 0 Å². The number of carbonyl (C=O) groups is 5. The molecular weight excluding hydrogens is 1340 g/mol. The van der Waals surface area contributed by atoms with E-state index in [1.54, 1.807) is 85.5 Å². The summed E-state index contributed by atoms with van der Waals surface area (Å²) in [5.74, 6) is 1.63. The first-order valence-electron chi connectivity index (χ1n) is 34.8. The minimum atomic E-state index is -1.43. The number of pyridine rings is 2. The van der Waals surface area contributed by atoms with Gasteiger partial charge in [0, 0.05) is 104 Å². The molecule has 4 N–H and O–H groups in total. The molecule has 15 rings (SSSR count). The highest BCUT2D eigenvalue weighted by Gasteiger charge is 2.47. The topological polar surface area (TPSA) is 333 Å². The quantitative estimate of drug-likeness (QED) is 0.0584. The van der Waals surface area contributed by atoms with Crippen LogP contribution in [0.3, 0.4) is 0 Å². The number of rotatable bonds is 19. The lowest BCUT2D eigenvalue weighted by Gasteiger charge is -2.34. The van der Waals surface area contributed by atoms with Crippen LogP contribution in [0.25, 0.3) is 33.5 Å². The van der Waals surface area contributed by atoms with Gasteiger partial charge in [-0.3, -0.25) is 29.0 Å². The maximum absolute atomic E-state index is 14.9. The number of nitriles is 3. The summed E-state index contributed by atoms with van der Waals surface area (Å²) in [6.45, 7) is 1.04. The Morgan fingerprint density at radius 2 is 1.18 bits per heavy atom. The number of carbonyl (C=O) groups excluding carboxylic acids is 5. The molecule has 5 amide bonds. The maximum atomic E-state index is 14.9. The van der Waals surface area contributed by atoms with Crippen molar-refractivity contribution in [2.75, 3.05) is 62.0 Å².